The molecule has 4 N–H and O–H groups in total. The van der Waals surface area contributed by atoms with Crippen molar-refractivity contribution in [2.45, 2.75) is 43.6 Å². The number of carbonyl (C=O) groups excluding carboxylic acids is 2. The van der Waals surface area contributed by atoms with E-state index < -0.39 is 11.4 Å². The van der Waals surface area contributed by atoms with Crippen LogP contribution < -0.4 is 11.5 Å². The monoisotopic (exact) mass is 401 g/mol. The van der Waals surface area contributed by atoms with Gasteiger partial charge < -0.3 is 16.4 Å². The minimum Gasteiger partial charge on any atom is -0.366 e. The standard InChI is InChI=1S/C21H25ClN4O2/c22-19-17(14-7-3-1-4-8-14)18(20(23)27)16-13-26(21(24)28,12-11-25(16)19)15-9-5-2-6-10-15/h1,3-4,7-8,13,15,19H,2,5-6,9-12H2,(H3-,23,24,27,28)/p+1. The Hall–Kier alpha value is -2.31. The third-order valence-electron chi connectivity index (χ3n) is 6.38. The summed E-state index contributed by atoms with van der Waals surface area (Å²) in [6.45, 7) is 1.10. The second kappa shape index (κ2) is 7.26. The Bertz CT molecular complexity index is 860. The summed E-state index contributed by atoms with van der Waals surface area (Å²) in [7, 11) is 0. The first kappa shape index (κ1) is 19.0. The lowest BCUT2D eigenvalue weighted by atomic mass is 9.91. The fraction of sp³-hybridized carbons (Fsp3) is 0.429. The highest BCUT2D eigenvalue weighted by Crippen LogP contribution is 2.45. The second-order valence-electron chi connectivity index (χ2n) is 7.85. The van der Waals surface area contributed by atoms with E-state index in [-0.39, 0.29) is 16.6 Å². The Morgan fingerprint density at radius 3 is 2.36 bits per heavy atom. The van der Waals surface area contributed by atoms with Gasteiger partial charge in [0.15, 0.2) is 0 Å². The Balaban J connectivity index is 1.86. The number of nitrogens with zero attached hydrogens (tertiary/aromatic N) is 2. The molecular weight excluding hydrogens is 376 g/mol. The van der Waals surface area contributed by atoms with Crippen molar-refractivity contribution in [3.8, 4) is 0 Å². The maximum Gasteiger partial charge on any atom is 0.418 e. The van der Waals surface area contributed by atoms with E-state index in [0.29, 0.717) is 29.9 Å². The predicted molar refractivity (Wildman–Crippen MR) is 109 cm³/mol. The van der Waals surface area contributed by atoms with Crippen molar-refractivity contribution in [1.82, 2.24) is 4.90 Å². The van der Waals surface area contributed by atoms with E-state index in [1.165, 1.54) is 6.42 Å². The molecule has 3 amide bonds. The van der Waals surface area contributed by atoms with Crippen molar-refractivity contribution in [3.05, 3.63) is 53.4 Å². The predicted octanol–water partition coefficient (Wildman–Crippen LogP) is 2.89. The Kier molecular flexibility index (Phi) is 4.93. The maximum absolute atomic E-state index is 12.6. The van der Waals surface area contributed by atoms with Gasteiger partial charge in [0.25, 0.3) is 5.91 Å². The van der Waals surface area contributed by atoms with Crippen LogP contribution in [0, 0.1) is 0 Å². The van der Waals surface area contributed by atoms with Crippen LogP contribution in [-0.2, 0) is 4.79 Å². The number of benzene rings is 1. The SMILES string of the molecule is NC(=O)C1=C(c2ccccc2)C(Cl)N2CC[N+](C(N)=O)(C3CCCCC3)C=C12. The van der Waals surface area contributed by atoms with Crippen LogP contribution in [0.25, 0.3) is 5.57 Å². The number of fused-ring (bicyclic) bond motifs is 1. The summed E-state index contributed by atoms with van der Waals surface area (Å²) < 4.78 is 0.0777. The molecule has 1 aromatic rings. The van der Waals surface area contributed by atoms with Crippen molar-refractivity contribution in [1.29, 1.82) is 0 Å². The first-order valence-electron chi connectivity index (χ1n) is 9.86. The van der Waals surface area contributed by atoms with Gasteiger partial charge in [-0.3, -0.25) is 4.79 Å². The molecule has 6 nitrogen and oxygen atoms in total. The summed E-state index contributed by atoms with van der Waals surface area (Å²) in [6, 6.07) is 9.33. The Labute approximate surface area is 170 Å². The van der Waals surface area contributed by atoms with Crippen molar-refractivity contribution in [2.24, 2.45) is 11.5 Å². The number of quaternary nitrogens is 1. The minimum absolute atomic E-state index is 0.0777. The highest BCUT2D eigenvalue weighted by atomic mass is 35.5. The number of urea groups is 1. The van der Waals surface area contributed by atoms with Crippen LogP contribution in [0.5, 0.6) is 0 Å². The molecule has 1 fully saturated rings. The lowest BCUT2D eigenvalue weighted by molar-refractivity contribution is -0.829. The molecule has 0 saturated heterocycles. The zero-order chi connectivity index (χ0) is 19.9. The van der Waals surface area contributed by atoms with Crippen molar-refractivity contribution in [3.63, 3.8) is 0 Å². The minimum atomic E-state index is -0.536. The van der Waals surface area contributed by atoms with Gasteiger partial charge in [0.2, 0.25) is 0 Å². The van der Waals surface area contributed by atoms with E-state index >= 15 is 0 Å². The lowest BCUT2D eigenvalue weighted by Gasteiger charge is -2.44. The average Bonchev–Trinajstić information content (AvgIpc) is 3.01. The third-order valence-corrected chi connectivity index (χ3v) is 6.83. The zero-order valence-electron chi connectivity index (χ0n) is 15.8. The van der Waals surface area contributed by atoms with E-state index in [0.717, 1.165) is 31.2 Å². The molecule has 2 unspecified atom stereocenters. The zero-order valence-corrected chi connectivity index (χ0v) is 16.6. The van der Waals surface area contributed by atoms with Gasteiger partial charge in [-0.15, -0.1) is 0 Å². The number of amides is 3. The molecule has 1 aliphatic carbocycles. The average molecular weight is 402 g/mol. The number of hydrogen-bond acceptors (Lipinski definition) is 3. The quantitative estimate of drug-likeness (QED) is 0.463. The van der Waals surface area contributed by atoms with Crippen LogP contribution in [0.2, 0.25) is 0 Å². The molecule has 148 valence electrons. The molecule has 1 aromatic carbocycles. The maximum atomic E-state index is 12.6. The Morgan fingerprint density at radius 1 is 1.07 bits per heavy atom. The van der Waals surface area contributed by atoms with Gasteiger partial charge in [-0.1, -0.05) is 48.4 Å². The van der Waals surface area contributed by atoms with Crippen LogP contribution >= 0.6 is 11.6 Å². The third kappa shape index (κ3) is 2.91. The largest absolute Gasteiger partial charge is 0.418 e. The highest BCUT2D eigenvalue weighted by Gasteiger charge is 2.50. The van der Waals surface area contributed by atoms with Crippen LogP contribution in [-0.4, -0.2) is 46.0 Å². The van der Waals surface area contributed by atoms with Crippen molar-refractivity contribution < 1.29 is 14.1 Å². The highest BCUT2D eigenvalue weighted by molar-refractivity contribution is 6.29. The molecule has 0 bridgehead atoms. The fourth-order valence-electron chi connectivity index (χ4n) is 4.95. The van der Waals surface area contributed by atoms with Gasteiger partial charge in [-0.25, -0.2) is 9.28 Å². The molecule has 28 heavy (non-hydrogen) atoms. The summed E-state index contributed by atoms with van der Waals surface area (Å²) >= 11 is 6.78. The number of hydrogen-bond donors (Lipinski definition) is 2. The molecule has 2 heterocycles. The molecule has 7 heteroatoms. The molecule has 2 aliphatic heterocycles. The van der Waals surface area contributed by atoms with Gasteiger partial charge in [-0.2, -0.15) is 0 Å². The van der Waals surface area contributed by atoms with Gasteiger partial charge >= 0.3 is 6.03 Å². The van der Waals surface area contributed by atoms with E-state index in [9.17, 15) is 9.59 Å². The molecular formula is C21H26ClN4O2+. The number of carbonyl (C=O) groups is 2. The number of primary amides is 2. The van der Waals surface area contributed by atoms with Gasteiger partial charge in [0.1, 0.15) is 30.0 Å². The van der Waals surface area contributed by atoms with Crippen LogP contribution in [0.15, 0.2) is 47.8 Å². The first-order chi connectivity index (χ1) is 13.5. The lowest BCUT2D eigenvalue weighted by Crippen LogP contribution is -2.63. The van der Waals surface area contributed by atoms with Crippen LogP contribution in [0.4, 0.5) is 4.79 Å². The van der Waals surface area contributed by atoms with E-state index in [1.54, 1.807) is 0 Å². The molecule has 0 aromatic heterocycles. The molecule has 0 spiro atoms. The van der Waals surface area contributed by atoms with Gasteiger partial charge in [-0.05, 0) is 18.4 Å². The summed E-state index contributed by atoms with van der Waals surface area (Å²) in [5.74, 6) is -0.536. The van der Waals surface area contributed by atoms with E-state index in [1.807, 2.05) is 41.4 Å². The van der Waals surface area contributed by atoms with E-state index in [2.05, 4.69) is 0 Å². The molecule has 0 radical (unpaired) electrons. The normalized spacial score (nSPS) is 28.1. The molecule has 1 saturated carbocycles. The summed E-state index contributed by atoms with van der Waals surface area (Å²) in [4.78, 5) is 27.1. The molecule has 2 atom stereocenters. The summed E-state index contributed by atoms with van der Waals surface area (Å²) in [5.41, 5.74) is 13.8. The molecule has 4 rings (SSSR count). The number of alkyl halides is 1. The number of halogens is 1. The Morgan fingerprint density at radius 2 is 1.75 bits per heavy atom. The van der Waals surface area contributed by atoms with Crippen LogP contribution in [0.3, 0.4) is 0 Å². The molecule has 3 aliphatic rings. The number of nitrogens with two attached hydrogens (primary N) is 2. The van der Waals surface area contributed by atoms with Crippen LogP contribution in [0.1, 0.15) is 37.7 Å². The summed E-state index contributed by atoms with van der Waals surface area (Å²) in [5, 5.41) is 0. The van der Waals surface area contributed by atoms with Gasteiger partial charge in [0.05, 0.1) is 12.1 Å². The fourth-order valence-corrected chi connectivity index (χ4v) is 5.39. The van der Waals surface area contributed by atoms with Crippen molar-refractivity contribution in [2.75, 3.05) is 13.1 Å². The smallest absolute Gasteiger partial charge is 0.366 e. The summed E-state index contributed by atoms with van der Waals surface area (Å²) in [6.07, 6.45) is 7.14. The van der Waals surface area contributed by atoms with Crippen molar-refractivity contribution >= 4 is 29.1 Å². The first-order valence-corrected chi connectivity index (χ1v) is 10.3. The second-order valence-corrected chi connectivity index (χ2v) is 8.26. The van der Waals surface area contributed by atoms with Gasteiger partial charge in [0, 0.05) is 18.4 Å². The topological polar surface area (TPSA) is 89.4 Å². The number of rotatable bonds is 3. The van der Waals surface area contributed by atoms with E-state index in [4.69, 9.17) is 23.1 Å².